The largest absolute Gasteiger partial charge is 0.289 e. The lowest BCUT2D eigenvalue weighted by Gasteiger charge is -2.16. The van der Waals surface area contributed by atoms with E-state index in [4.69, 9.17) is 0 Å². The molecule has 0 aliphatic carbocycles. The van der Waals surface area contributed by atoms with E-state index in [1.807, 2.05) is 24.4 Å². The Morgan fingerprint density at radius 1 is 1.32 bits per heavy atom. The number of carbonyl (C=O) groups excluding carboxylic acids is 1. The maximum atomic E-state index is 13.3. The number of aryl methyl sites for hydroxylation is 1. The van der Waals surface area contributed by atoms with Gasteiger partial charge in [0.25, 0.3) is 0 Å². The summed E-state index contributed by atoms with van der Waals surface area (Å²) < 4.78 is 13.3. The zero-order valence-corrected chi connectivity index (χ0v) is 11.9. The summed E-state index contributed by atoms with van der Waals surface area (Å²) >= 11 is 3.20. The van der Waals surface area contributed by atoms with E-state index in [2.05, 4.69) is 0 Å². The van der Waals surface area contributed by atoms with E-state index in [9.17, 15) is 9.18 Å². The van der Waals surface area contributed by atoms with Crippen LogP contribution in [0.1, 0.15) is 20.8 Å². The first-order valence-electron chi connectivity index (χ1n) is 5.87. The summed E-state index contributed by atoms with van der Waals surface area (Å²) in [5.74, 6) is 0.233. The minimum atomic E-state index is -0.360. The van der Waals surface area contributed by atoms with Crippen LogP contribution in [0.4, 0.5) is 4.39 Å². The van der Waals surface area contributed by atoms with Crippen molar-refractivity contribution >= 4 is 35.0 Å². The first-order chi connectivity index (χ1) is 9.15. The molecule has 1 aromatic heterocycles. The molecule has 0 unspecified atom stereocenters. The van der Waals surface area contributed by atoms with Gasteiger partial charge in [-0.05, 0) is 48.2 Å². The van der Waals surface area contributed by atoms with Crippen molar-refractivity contribution in [3.8, 4) is 0 Å². The van der Waals surface area contributed by atoms with E-state index in [-0.39, 0.29) is 11.6 Å². The van der Waals surface area contributed by atoms with Crippen LogP contribution in [0.5, 0.6) is 0 Å². The highest BCUT2D eigenvalue weighted by molar-refractivity contribution is 7.99. The first kappa shape index (κ1) is 12.6. The van der Waals surface area contributed by atoms with Gasteiger partial charge in [0, 0.05) is 26.7 Å². The van der Waals surface area contributed by atoms with Gasteiger partial charge in [-0.3, -0.25) is 4.79 Å². The normalized spacial score (nSPS) is 16.7. The van der Waals surface area contributed by atoms with E-state index in [1.165, 1.54) is 17.7 Å². The number of carbonyl (C=O) groups is 1. The fourth-order valence-electron chi connectivity index (χ4n) is 2.00. The van der Waals surface area contributed by atoms with Crippen molar-refractivity contribution in [3.63, 3.8) is 0 Å². The Kier molecular flexibility index (Phi) is 3.29. The predicted molar refractivity (Wildman–Crippen MR) is 78.5 cm³/mol. The molecular formula is C15H11FOS2. The second-order valence-corrected chi connectivity index (χ2v) is 6.36. The van der Waals surface area contributed by atoms with Gasteiger partial charge in [0.05, 0.1) is 0 Å². The number of fused-ring (bicyclic) bond motifs is 1. The molecule has 0 N–H and O–H groups in total. The van der Waals surface area contributed by atoms with E-state index in [0.717, 1.165) is 15.3 Å². The van der Waals surface area contributed by atoms with Crippen molar-refractivity contribution in [2.75, 3.05) is 5.75 Å². The molecule has 96 valence electrons. The van der Waals surface area contributed by atoms with Crippen LogP contribution >= 0.6 is 23.1 Å². The van der Waals surface area contributed by atoms with Crippen molar-refractivity contribution in [2.24, 2.45) is 0 Å². The zero-order valence-electron chi connectivity index (χ0n) is 10.3. The number of thiophene rings is 1. The van der Waals surface area contributed by atoms with Gasteiger partial charge in [0.15, 0.2) is 5.78 Å². The third-order valence-electron chi connectivity index (χ3n) is 3.07. The zero-order chi connectivity index (χ0) is 13.4. The topological polar surface area (TPSA) is 17.1 Å². The van der Waals surface area contributed by atoms with Crippen molar-refractivity contribution in [3.05, 3.63) is 57.0 Å². The SMILES string of the molecule is Cc1ccsc1C=C1CSc2ccc(F)cc2C1=O. The Hall–Kier alpha value is -1.39. The van der Waals surface area contributed by atoms with E-state index in [1.54, 1.807) is 29.2 Å². The predicted octanol–water partition coefficient (Wildman–Crippen LogP) is 4.57. The van der Waals surface area contributed by atoms with E-state index < -0.39 is 0 Å². The van der Waals surface area contributed by atoms with Gasteiger partial charge < -0.3 is 0 Å². The van der Waals surface area contributed by atoms with Gasteiger partial charge >= 0.3 is 0 Å². The molecular weight excluding hydrogens is 279 g/mol. The van der Waals surface area contributed by atoms with Crippen LogP contribution in [0.15, 0.2) is 40.1 Å². The molecule has 0 amide bonds. The third-order valence-corrected chi connectivity index (χ3v) is 5.16. The Morgan fingerprint density at radius 3 is 2.89 bits per heavy atom. The monoisotopic (exact) mass is 290 g/mol. The quantitative estimate of drug-likeness (QED) is 0.716. The molecule has 2 heterocycles. The highest BCUT2D eigenvalue weighted by Crippen LogP contribution is 2.34. The minimum Gasteiger partial charge on any atom is -0.289 e. The van der Waals surface area contributed by atoms with Gasteiger partial charge in [0.2, 0.25) is 0 Å². The summed E-state index contributed by atoms with van der Waals surface area (Å²) in [6.45, 7) is 2.02. The van der Waals surface area contributed by atoms with Crippen LogP contribution in [0.2, 0.25) is 0 Å². The fraction of sp³-hybridized carbons (Fsp3) is 0.133. The minimum absolute atomic E-state index is 0.0546. The Morgan fingerprint density at radius 2 is 2.16 bits per heavy atom. The molecule has 0 spiro atoms. The molecule has 1 aromatic carbocycles. The molecule has 2 aromatic rings. The van der Waals surface area contributed by atoms with Crippen molar-refractivity contribution < 1.29 is 9.18 Å². The van der Waals surface area contributed by atoms with Crippen LogP contribution < -0.4 is 0 Å². The molecule has 0 saturated carbocycles. The number of hydrogen-bond donors (Lipinski definition) is 0. The second kappa shape index (κ2) is 4.94. The number of Topliss-reactive ketones (excluding diaryl/α,β-unsaturated/α-hetero) is 1. The van der Waals surface area contributed by atoms with E-state index >= 15 is 0 Å². The molecule has 0 radical (unpaired) electrons. The molecule has 4 heteroatoms. The number of ketones is 1. The number of hydrogen-bond acceptors (Lipinski definition) is 3. The molecule has 0 saturated heterocycles. The van der Waals surface area contributed by atoms with Crippen LogP contribution in [-0.4, -0.2) is 11.5 Å². The molecule has 1 aliphatic rings. The van der Waals surface area contributed by atoms with Crippen molar-refractivity contribution in [2.45, 2.75) is 11.8 Å². The Labute approximate surface area is 119 Å². The lowest BCUT2D eigenvalue weighted by atomic mass is 10.0. The average molecular weight is 290 g/mol. The lowest BCUT2D eigenvalue weighted by molar-refractivity contribution is 0.103. The van der Waals surface area contributed by atoms with Crippen LogP contribution in [-0.2, 0) is 0 Å². The molecule has 1 nitrogen and oxygen atoms in total. The van der Waals surface area contributed by atoms with Gasteiger partial charge in [-0.2, -0.15) is 0 Å². The number of thioether (sulfide) groups is 1. The first-order valence-corrected chi connectivity index (χ1v) is 7.73. The van der Waals surface area contributed by atoms with E-state index in [0.29, 0.717) is 11.3 Å². The summed E-state index contributed by atoms with van der Waals surface area (Å²) in [4.78, 5) is 14.3. The highest BCUT2D eigenvalue weighted by Gasteiger charge is 2.23. The highest BCUT2D eigenvalue weighted by atomic mass is 32.2. The Bertz CT molecular complexity index is 685. The second-order valence-electron chi connectivity index (χ2n) is 4.40. The summed E-state index contributed by atoms with van der Waals surface area (Å²) in [6, 6.07) is 6.45. The van der Waals surface area contributed by atoms with Crippen LogP contribution in [0.25, 0.3) is 6.08 Å². The molecule has 0 bridgehead atoms. The molecule has 1 aliphatic heterocycles. The molecule has 0 atom stereocenters. The summed E-state index contributed by atoms with van der Waals surface area (Å²) in [5, 5.41) is 2.01. The standard InChI is InChI=1S/C15H11FOS2/c1-9-4-5-18-14(9)6-10-8-19-13-3-2-11(16)7-12(13)15(10)17/h2-7H,8H2,1H3. The van der Waals surface area contributed by atoms with Crippen LogP contribution in [0.3, 0.4) is 0 Å². The average Bonchev–Trinajstić information content (AvgIpc) is 2.79. The third kappa shape index (κ3) is 2.38. The van der Waals surface area contributed by atoms with Crippen molar-refractivity contribution in [1.29, 1.82) is 0 Å². The molecule has 0 fully saturated rings. The van der Waals surface area contributed by atoms with Gasteiger partial charge in [0.1, 0.15) is 5.82 Å². The van der Waals surface area contributed by atoms with Crippen LogP contribution in [0, 0.1) is 12.7 Å². The number of halogens is 1. The molecule has 3 rings (SSSR count). The molecule has 19 heavy (non-hydrogen) atoms. The van der Waals surface area contributed by atoms with Gasteiger partial charge in [-0.25, -0.2) is 4.39 Å². The summed E-state index contributed by atoms with van der Waals surface area (Å²) in [7, 11) is 0. The number of rotatable bonds is 1. The smallest absolute Gasteiger partial charge is 0.191 e. The van der Waals surface area contributed by atoms with Crippen molar-refractivity contribution in [1.82, 2.24) is 0 Å². The van der Waals surface area contributed by atoms with Gasteiger partial charge in [-0.1, -0.05) is 0 Å². The summed E-state index contributed by atoms with van der Waals surface area (Å²) in [6.07, 6.45) is 1.93. The maximum Gasteiger partial charge on any atom is 0.191 e. The van der Waals surface area contributed by atoms with Gasteiger partial charge in [-0.15, -0.1) is 23.1 Å². The Balaban J connectivity index is 2.02. The fourth-order valence-corrected chi connectivity index (χ4v) is 3.88. The summed E-state index contributed by atoms with van der Waals surface area (Å²) in [5.41, 5.74) is 2.39. The number of benzene rings is 1. The maximum absolute atomic E-state index is 13.3. The lowest BCUT2D eigenvalue weighted by Crippen LogP contribution is -2.12.